The quantitative estimate of drug-likeness (QED) is 0.592. The van der Waals surface area contributed by atoms with Crippen LogP contribution in [0.4, 0.5) is 0 Å². The molecule has 0 aliphatic heterocycles. The Bertz CT molecular complexity index is 317. The molecule has 0 aromatic carbocycles. The van der Waals surface area contributed by atoms with Crippen LogP contribution in [0, 0.1) is 0 Å². The van der Waals surface area contributed by atoms with Crippen LogP contribution in [0.3, 0.4) is 0 Å². The summed E-state index contributed by atoms with van der Waals surface area (Å²) >= 11 is 0. The molecule has 92 valence electrons. The number of hydrogen-bond donors (Lipinski definition) is 3. The summed E-state index contributed by atoms with van der Waals surface area (Å²) in [6, 6.07) is 0. The van der Waals surface area contributed by atoms with E-state index in [1.54, 1.807) is 0 Å². The topological polar surface area (TPSA) is 149 Å². The van der Waals surface area contributed by atoms with Crippen molar-refractivity contribution < 1.29 is 46.0 Å². The van der Waals surface area contributed by atoms with Gasteiger partial charge in [0.2, 0.25) is 0 Å². The van der Waals surface area contributed by atoms with Gasteiger partial charge in [-0.25, -0.2) is 13.7 Å². The zero-order valence-electron chi connectivity index (χ0n) is 7.54. The van der Waals surface area contributed by atoms with Gasteiger partial charge in [0.15, 0.2) is 0 Å². The van der Waals surface area contributed by atoms with Crippen LogP contribution >= 0.6 is 23.5 Å². The molecular formula is C2H9O10P3. The summed E-state index contributed by atoms with van der Waals surface area (Å²) in [6.45, 7) is 0. The highest BCUT2D eigenvalue weighted by Crippen LogP contribution is 2.67. The van der Waals surface area contributed by atoms with Crippen molar-refractivity contribution in [3.8, 4) is 0 Å². The Labute approximate surface area is 84.6 Å². The molecule has 10 nitrogen and oxygen atoms in total. The van der Waals surface area contributed by atoms with Crippen molar-refractivity contribution in [3.63, 3.8) is 0 Å². The van der Waals surface area contributed by atoms with Crippen LogP contribution in [0.25, 0.3) is 0 Å². The van der Waals surface area contributed by atoms with Gasteiger partial charge in [-0.3, -0.25) is 9.05 Å². The Morgan fingerprint density at radius 2 is 1.00 bits per heavy atom. The lowest BCUT2D eigenvalue weighted by molar-refractivity contribution is 0.181. The Kier molecular flexibility index (Phi) is 5.30. The summed E-state index contributed by atoms with van der Waals surface area (Å²) in [4.78, 5) is 26.0. The van der Waals surface area contributed by atoms with Gasteiger partial charge in [0.05, 0.1) is 0 Å². The molecular weight excluding hydrogens is 277 g/mol. The maximum absolute atomic E-state index is 10.8. The number of phosphoric acid groups is 3. The standard InChI is InChI=1S/C2H9O10P3/c1-9-13(3,4)11-15(7,8)12-14(5,6)10-2/h1-2H3,(H,3,4)(H,5,6)(H,7,8). The fourth-order valence-corrected chi connectivity index (χ4v) is 3.35. The van der Waals surface area contributed by atoms with E-state index < -0.39 is 23.5 Å². The van der Waals surface area contributed by atoms with Crippen molar-refractivity contribution in [1.82, 2.24) is 0 Å². The van der Waals surface area contributed by atoms with Crippen molar-refractivity contribution in [2.75, 3.05) is 14.2 Å². The van der Waals surface area contributed by atoms with Crippen LogP contribution in [0.2, 0.25) is 0 Å². The summed E-state index contributed by atoms with van der Waals surface area (Å²) in [6.07, 6.45) is 0. The van der Waals surface area contributed by atoms with E-state index in [9.17, 15) is 13.7 Å². The van der Waals surface area contributed by atoms with E-state index >= 15 is 0 Å². The van der Waals surface area contributed by atoms with Crippen LogP contribution in [0.5, 0.6) is 0 Å². The summed E-state index contributed by atoms with van der Waals surface area (Å²) in [7, 11) is -13.4. The predicted octanol–water partition coefficient (Wildman–Crippen LogP) is 0.614. The highest BCUT2D eigenvalue weighted by Gasteiger charge is 2.40. The largest absolute Gasteiger partial charge is 0.490 e. The van der Waals surface area contributed by atoms with E-state index in [4.69, 9.17) is 14.7 Å². The minimum Gasteiger partial charge on any atom is -0.302 e. The van der Waals surface area contributed by atoms with E-state index in [1.165, 1.54) is 0 Å². The van der Waals surface area contributed by atoms with E-state index in [-0.39, 0.29) is 0 Å². The molecule has 0 aliphatic rings. The first-order valence-electron chi connectivity index (χ1n) is 3.06. The van der Waals surface area contributed by atoms with Crippen LogP contribution in [-0.2, 0) is 31.4 Å². The highest BCUT2D eigenvalue weighted by atomic mass is 31.3. The summed E-state index contributed by atoms with van der Waals surface area (Å²) < 4.78 is 46.9. The minimum atomic E-state index is -5.24. The molecule has 15 heavy (non-hydrogen) atoms. The molecule has 0 radical (unpaired) electrons. The van der Waals surface area contributed by atoms with Crippen LogP contribution in [0.1, 0.15) is 0 Å². The van der Waals surface area contributed by atoms with Crippen LogP contribution < -0.4 is 0 Å². The van der Waals surface area contributed by atoms with Gasteiger partial charge in [-0.1, -0.05) is 0 Å². The van der Waals surface area contributed by atoms with E-state index in [2.05, 4.69) is 17.7 Å². The maximum atomic E-state index is 10.8. The SMILES string of the molecule is COP(=O)(O)OP(=O)(O)OP(=O)(O)OC. The van der Waals surface area contributed by atoms with Gasteiger partial charge in [0.1, 0.15) is 0 Å². The molecule has 0 aliphatic carbocycles. The lowest BCUT2D eigenvalue weighted by Crippen LogP contribution is -1.95. The first-order chi connectivity index (χ1) is 6.54. The van der Waals surface area contributed by atoms with Gasteiger partial charge in [-0.15, -0.1) is 0 Å². The normalized spacial score (nSPS) is 23.8. The van der Waals surface area contributed by atoms with Gasteiger partial charge in [0.25, 0.3) is 0 Å². The number of phosphoric ester groups is 2. The molecule has 0 bridgehead atoms. The summed E-state index contributed by atoms with van der Waals surface area (Å²) in [5.74, 6) is 0. The Morgan fingerprint density at radius 1 is 0.733 bits per heavy atom. The fourth-order valence-electron chi connectivity index (χ4n) is 0.342. The number of hydrogen-bond acceptors (Lipinski definition) is 7. The smallest absolute Gasteiger partial charge is 0.302 e. The summed E-state index contributed by atoms with van der Waals surface area (Å²) in [5, 5.41) is 0. The molecule has 0 aromatic heterocycles. The Balaban J connectivity index is 4.66. The van der Waals surface area contributed by atoms with Crippen molar-refractivity contribution in [3.05, 3.63) is 0 Å². The third-order valence-electron chi connectivity index (χ3n) is 0.874. The van der Waals surface area contributed by atoms with Crippen molar-refractivity contribution in [2.24, 2.45) is 0 Å². The zero-order valence-corrected chi connectivity index (χ0v) is 10.2. The lowest BCUT2D eigenvalue weighted by Gasteiger charge is -2.15. The second-order valence-corrected chi connectivity index (χ2v) is 6.78. The number of rotatable bonds is 6. The van der Waals surface area contributed by atoms with Gasteiger partial charge in [0, 0.05) is 14.2 Å². The maximum Gasteiger partial charge on any atom is 0.490 e. The molecule has 3 N–H and O–H groups in total. The van der Waals surface area contributed by atoms with E-state index in [1.807, 2.05) is 0 Å². The molecule has 0 spiro atoms. The van der Waals surface area contributed by atoms with Crippen molar-refractivity contribution in [2.45, 2.75) is 0 Å². The van der Waals surface area contributed by atoms with Gasteiger partial charge < -0.3 is 14.7 Å². The molecule has 0 saturated heterocycles. The van der Waals surface area contributed by atoms with E-state index in [0.29, 0.717) is 0 Å². The second-order valence-electron chi connectivity index (χ2n) is 1.93. The van der Waals surface area contributed by atoms with Crippen LogP contribution in [-0.4, -0.2) is 28.9 Å². The van der Waals surface area contributed by atoms with Crippen molar-refractivity contribution >= 4 is 23.5 Å². The third kappa shape index (κ3) is 6.55. The molecule has 0 heterocycles. The average molecular weight is 286 g/mol. The molecule has 0 rings (SSSR count). The Morgan fingerprint density at radius 3 is 1.20 bits per heavy atom. The second kappa shape index (κ2) is 5.16. The average Bonchev–Trinajstić information content (AvgIpc) is 2.00. The molecule has 13 heteroatoms. The minimum absolute atomic E-state index is 0.718. The third-order valence-corrected chi connectivity index (χ3v) is 5.10. The Hall–Kier alpha value is 0.410. The van der Waals surface area contributed by atoms with Gasteiger partial charge >= 0.3 is 23.5 Å². The van der Waals surface area contributed by atoms with Crippen LogP contribution in [0.15, 0.2) is 0 Å². The molecule has 0 saturated carbocycles. The highest BCUT2D eigenvalue weighted by molar-refractivity contribution is 7.66. The molecule has 0 aromatic rings. The zero-order chi connectivity index (χ0) is 12.3. The van der Waals surface area contributed by atoms with Crippen molar-refractivity contribution in [1.29, 1.82) is 0 Å². The summed E-state index contributed by atoms with van der Waals surface area (Å²) in [5.41, 5.74) is 0. The van der Waals surface area contributed by atoms with E-state index in [0.717, 1.165) is 14.2 Å². The molecule has 0 fully saturated rings. The first-order valence-corrected chi connectivity index (χ1v) is 7.55. The van der Waals surface area contributed by atoms with Gasteiger partial charge in [-0.2, -0.15) is 8.62 Å². The monoisotopic (exact) mass is 286 g/mol. The lowest BCUT2D eigenvalue weighted by atomic mass is 11.8. The molecule has 0 amide bonds. The first kappa shape index (κ1) is 15.4. The van der Waals surface area contributed by atoms with Gasteiger partial charge in [-0.05, 0) is 0 Å². The predicted molar refractivity (Wildman–Crippen MR) is 45.7 cm³/mol. The molecule has 2 atom stereocenters. The fraction of sp³-hybridized carbons (Fsp3) is 1.00. The molecule has 2 unspecified atom stereocenters.